The minimum absolute atomic E-state index is 0.0454. The van der Waals surface area contributed by atoms with Crippen LogP contribution in [0.2, 0.25) is 0 Å². The molecule has 4 rings (SSSR count). The average molecular weight is 446 g/mol. The molecule has 3 heterocycles. The highest BCUT2D eigenvalue weighted by Crippen LogP contribution is 2.31. The van der Waals surface area contributed by atoms with Crippen molar-refractivity contribution in [1.29, 1.82) is 0 Å². The van der Waals surface area contributed by atoms with Gasteiger partial charge >= 0.3 is 0 Å². The van der Waals surface area contributed by atoms with Crippen molar-refractivity contribution < 1.29 is 14.0 Å². The fourth-order valence-corrected chi connectivity index (χ4v) is 5.34. The van der Waals surface area contributed by atoms with Crippen molar-refractivity contribution in [1.82, 2.24) is 20.0 Å². The molecule has 0 radical (unpaired) electrons. The molecule has 2 atom stereocenters. The zero-order chi connectivity index (χ0) is 22.8. The number of rotatable bonds is 5. The van der Waals surface area contributed by atoms with Crippen molar-refractivity contribution in [2.45, 2.75) is 57.2 Å². The predicted octanol–water partition coefficient (Wildman–Crippen LogP) is 1.60. The number of halogens is 1. The summed E-state index contributed by atoms with van der Waals surface area (Å²) in [6, 6.07) is 3.39. The molecule has 0 spiro atoms. The summed E-state index contributed by atoms with van der Waals surface area (Å²) in [4.78, 5) is 31.6. The summed E-state index contributed by atoms with van der Waals surface area (Å²) >= 11 is 0. The number of nitrogens with one attached hydrogen (secondary N) is 2. The summed E-state index contributed by atoms with van der Waals surface area (Å²) in [7, 11) is 3.84. The molecular formula is C24H36FN5O2. The van der Waals surface area contributed by atoms with E-state index in [0.717, 1.165) is 63.1 Å². The number of amides is 2. The lowest BCUT2D eigenvalue weighted by atomic mass is 9.97. The van der Waals surface area contributed by atoms with Gasteiger partial charge in [-0.2, -0.15) is 0 Å². The minimum atomic E-state index is -0.415. The predicted molar refractivity (Wildman–Crippen MR) is 123 cm³/mol. The van der Waals surface area contributed by atoms with Crippen LogP contribution in [0.1, 0.15) is 36.8 Å². The number of carbonyl (C=O) groups excluding carboxylic acids is 2. The minimum Gasteiger partial charge on any atom is -0.373 e. The maximum Gasteiger partial charge on any atom is 0.243 e. The van der Waals surface area contributed by atoms with Crippen molar-refractivity contribution in [2.24, 2.45) is 0 Å². The van der Waals surface area contributed by atoms with E-state index in [1.165, 1.54) is 6.07 Å². The molecule has 0 aromatic heterocycles. The highest BCUT2D eigenvalue weighted by atomic mass is 19.1. The lowest BCUT2D eigenvalue weighted by Gasteiger charge is -2.42. The van der Waals surface area contributed by atoms with Gasteiger partial charge in [-0.15, -0.1) is 0 Å². The smallest absolute Gasteiger partial charge is 0.243 e. The molecular weight excluding hydrogens is 409 g/mol. The van der Waals surface area contributed by atoms with E-state index in [-0.39, 0.29) is 23.7 Å². The number of nitrogens with zero attached hydrogens (tertiary/aromatic N) is 3. The SMILES string of the molecule is Cc1ccc(F)c2c1NC(C(=O)N[C@@H]1CCCN(C3CCN(C(=O)CN(C)C)CC3)C1)C2. The Kier molecular flexibility index (Phi) is 7.00. The number of hydrogen-bond donors (Lipinski definition) is 2. The van der Waals surface area contributed by atoms with Crippen LogP contribution in [0.4, 0.5) is 10.1 Å². The number of aryl methyl sites for hydroxylation is 1. The highest BCUT2D eigenvalue weighted by molar-refractivity contribution is 5.88. The first-order chi connectivity index (χ1) is 15.3. The second kappa shape index (κ2) is 9.75. The van der Waals surface area contributed by atoms with Gasteiger partial charge in [0.1, 0.15) is 11.9 Å². The van der Waals surface area contributed by atoms with E-state index in [1.807, 2.05) is 30.8 Å². The van der Waals surface area contributed by atoms with Gasteiger partial charge in [0, 0.05) is 49.4 Å². The van der Waals surface area contributed by atoms with Gasteiger partial charge in [-0.1, -0.05) is 6.07 Å². The highest BCUT2D eigenvalue weighted by Gasteiger charge is 2.34. The average Bonchev–Trinajstić information content (AvgIpc) is 3.23. The standard InChI is InChI=1S/C24H36FN5O2/c1-16-6-7-20(25)19-13-21(27-23(16)19)24(32)26-17-5-4-10-30(14-17)18-8-11-29(12-9-18)22(31)15-28(2)3/h6-7,17-18,21,27H,4-5,8-15H2,1-3H3,(H,26,32)/t17-,21?/m1/s1. The normalized spacial score (nSPS) is 24.3. The van der Waals surface area contributed by atoms with E-state index in [9.17, 15) is 14.0 Å². The molecule has 0 saturated carbocycles. The summed E-state index contributed by atoms with van der Waals surface area (Å²) in [5, 5.41) is 6.45. The van der Waals surface area contributed by atoms with Crippen molar-refractivity contribution in [2.75, 3.05) is 52.1 Å². The number of benzene rings is 1. The van der Waals surface area contributed by atoms with Gasteiger partial charge < -0.3 is 20.4 Å². The Hall–Kier alpha value is -2.19. The molecule has 3 aliphatic rings. The molecule has 2 fully saturated rings. The molecule has 0 bridgehead atoms. The lowest BCUT2D eigenvalue weighted by molar-refractivity contribution is -0.133. The first-order valence-electron chi connectivity index (χ1n) is 11.8. The van der Waals surface area contributed by atoms with E-state index >= 15 is 0 Å². The second-order valence-corrected chi connectivity index (χ2v) is 9.81. The third-order valence-electron chi connectivity index (χ3n) is 7.09. The fraction of sp³-hybridized carbons (Fsp3) is 0.667. The number of hydrogen-bond acceptors (Lipinski definition) is 5. The number of likely N-dealkylation sites (N-methyl/N-ethyl adjacent to an activating group) is 1. The molecule has 1 aromatic carbocycles. The number of piperidine rings is 2. The Morgan fingerprint density at radius 1 is 1.19 bits per heavy atom. The second-order valence-electron chi connectivity index (χ2n) is 9.81. The van der Waals surface area contributed by atoms with Crippen molar-refractivity contribution in [3.63, 3.8) is 0 Å². The molecule has 3 aliphatic heterocycles. The molecule has 2 amide bonds. The maximum absolute atomic E-state index is 14.2. The van der Waals surface area contributed by atoms with Crippen LogP contribution in [0, 0.1) is 12.7 Å². The Bertz CT molecular complexity index is 822. The Morgan fingerprint density at radius 2 is 1.94 bits per heavy atom. The van der Waals surface area contributed by atoms with Gasteiger partial charge in [0.2, 0.25) is 11.8 Å². The van der Waals surface area contributed by atoms with Gasteiger partial charge in [0.05, 0.1) is 6.54 Å². The van der Waals surface area contributed by atoms with Crippen LogP contribution in [0.15, 0.2) is 12.1 Å². The lowest BCUT2D eigenvalue weighted by Crippen LogP contribution is -2.55. The van der Waals surface area contributed by atoms with Gasteiger partial charge in [-0.05, 0) is 64.9 Å². The molecule has 1 unspecified atom stereocenters. The van der Waals surface area contributed by atoms with Crippen LogP contribution in [0.5, 0.6) is 0 Å². The summed E-state index contributed by atoms with van der Waals surface area (Å²) in [5.74, 6) is -0.0856. The summed E-state index contributed by atoms with van der Waals surface area (Å²) in [6.07, 6.45) is 4.38. The number of likely N-dealkylation sites (tertiary alicyclic amines) is 2. The zero-order valence-corrected chi connectivity index (χ0v) is 19.5. The van der Waals surface area contributed by atoms with E-state index in [0.29, 0.717) is 24.6 Å². The summed E-state index contributed by atoms with van der Waals surface area (Å²) in [6.45, 7) is 5.89. The Labute approximate surface area is 190 Å². The molecule has 1 aromatic rings. The third kappa shape index (κ3) is 5.07. The molecule has 7 nitrogen and oxygen atoms in total. The van der Waals surface area contributed by atoms with E-state index in [4.69, 9.17) is 0 Å². The maximum atomic E-state index is 14.2. The molecule has 2 N–H and O–H groups in total. The fourth-order valence-electron chi connectivity index (χ4n) is 5.34. The molecule has 2 saturated heterocycles. The monoisotopic (exact) mass is 445 g/mol. The largest absolute Gasteiger partial charge is 0.373 e. The van der Waals surface area contributed by atoms with Crippen molar-refractivity contribution >= 4 is 17.5 Å². The first kappa shape index (κ1) is 23.0. The van der Waals surface area contributed by atoms with Crippen LogP contribution in [0.25, 0.3) is 0 Å². The molecule has 176 valence electrons. The quantitative estimate of drug-likeness (QED) is 0.721. The van der Waals surface area contributed by atoms with Crippen LogP contribution < -0.4 is 10.6 Å². The molecule has 8 heteroatoms. The third-order valence-corrected chi connectivity index (χ3v) is 7.09. The van der Waals surface area contributed by atoms with Crippen LogP contribution >= 0.6 is 0 Å². The van der Waals surface area contributed by atoms with Crippen LogP contribution in [-0.2, 0) is 16.0 Å². The van der Waals surface area contributed by atoms with Gasteiger partial charge in [-0.3, -0.25) is 14.5 Å². The number of anilines is 1. The summed E-state index contributed by atoms with van der Waals surface area (Å²) < 4.78 is 14.2. The Balaban J connectivity index is 1.27. The summed E-state index contributed by atoms with van der Waals surface area (Å²) in [5.41, 5.74) is 2.35. The zero-order valence-electron chi connectivity index (χ0n) is 19.5. The number of fused-ring (bicyclic) bond motifs is 1. The number of carbonyl (C=O) groups is 2. The topological polar surface area (TPSA) is 67.9 Å². The van der Waals surface area contributed by atoms with Gasteiger partial charge in [-0.25, -0.2) is 4.39 Å². The Morgan fingerprint density at radius 3 is 2.62 bits per heavy atom. The molecule has 32 heavy (non-hydrogen) atoms. The first-order valence-corrected chi connectivity index (χ1v) is 11.8. The van der Waals surface area contributed by atoms with E-state index in [1.54, 1.807) is 6.07 Å². The van der Waals surface area contributed by atoms with Crippen LogP contribution in [0.3, 0.4) is 0 Å². The molecule has 0 aliphatic carbocycles. The van der Waals surface area contributed by atoms with E-state index in [2.05, 4.69) is 15.5 Å². The van der Waals surface area contributed by atoms with E-state index < -0.39 is 6.04 Å². The van der Waals surface area contributed by atoms with Crippen molar-refractivity contribution in [3.05, 3.63) is 29.1 Å². The van der Waals surface area contributed by atoms with Crippen molar-refractivity contribution in [3.8, 4) is 0 Å². The van der Waals surface area contributed by atoms with Crippen LogP contribution in [-0.4, -0.2) is 91.5 Å². The van der Waals surface area contributed by atoms with Gasteiger partial charge in [0.25, 0.3) is 0 Å². The van der Waals surface area contributed by atoms with Gasteiger partial charge in [0.15, 0.2) is 0 Å².